The number of carboxylic acid groups (broad SMARTS) is 1. The van der Waals surface area contributed by atoms with Crippen LogP contribution >= 0.6 is 15.9 Å². The molecule has 1 aromatic carbocycles. The van der Waals surface area contributed by atoms with Crippen LogP contribution in [0.2, 0.25) is 0 Å². The lowest BCUT2D eigenvalue weighted by Gasteiger charge is -2.11. The van der Waals surface area contributed by atoms with Crippen molar-refractivity contribution in [3.05, 3.63) is 34.3 Å². The van der Waals surface area contributed by atoms with Crippen molar-refractivity contribution in [1.29, 1.82) is 0 Å². The zero-order valence-corrected chi connectivity index (χ0v) is 13.1. The molecule has 0 aromatic heterocycles. The molecule has 0 heterocycles. The number of halogens is 1. The second-order valence-corrected chi connectivity index (χ2v) is 5.32. The van der Waals surface area contributed by atoms with Gasteiger partial charge in [-0.15, -0.1) is 0 Å². The topological polar surface area (TPSA) is 95.5 Å². The van der Waals surface area contributed by atoms with Gasteiger partial charge in [-0.25, -0.2) is 0 Å². The van der Waals surface area contributed by atoms with Crippen molar-refractivity contribution >= 4 is 33.7 Å². The highest BCUT2D eigenvalue weighted by Gasteiger charge is 2.17. The molecule has 1 aromatic rings. The molecule has 0 aliphatic heterocycles. The number of hydrogen-bond donors (Lipinski definition) is 3. The number of hydrogen-bond acceptors (Lipinski definition) is 3. The molecule has 0 aliphatic rings. The van der Waals surface area contributed by atoms with Gasteiger partial charge in [-0.05, 0) is 40.9 Å². The fraction of sp³-hybridized carbons (Fsp3) is 0.357. The van der Waals surface area contributed by atoms with Crippen LogP contribution in [0.3, 0.4) is 0 Å². The lowest BCUT2D eigenvalue weighted by Crippen LogP contribution is -2.41. The third-order valence-electron chi connectivity index (χ3n) is 3.00. The number of amides is 2. The highest BCUT2D eigenvalue weighted by molar-refractivity contribution is 9.10. The maximum atomic E-state index is 11.8. The van der Waals surface area contributed by atoms with Gasteiger partial charge in [-0.1, -0.05) is 19.1 Å². The van der Waals surface area contributed by atoms with E-state index in [0.717, 1.165) is 0 Å². The Labute approximate surface area is 131 Å². The van der Waals surface area contributed by atoms with Crippen LogP contribution in [0.5, 0.6) is 0 Å². The van der Waals surface area contributed by atoms with E-state index in [9.17, 15) is 14.4 Å². The Morgan fingerprint density at radius 3 is 2.48 bits per heavy atom. The maximum absolute atomic E-state index is 11.8. The van der Waals surface area contributed by atoms with Crippen molar-refractivity contribution < 1.29 is 19.5 Å². The SMILES string of the molecule is CCC(CCC(=O)NNC(=O)c1ccccc1Br)C(=O)O. The molecule has 3 N–H and O–H groups in total. The fourth-order valence-electron chi connectivity index (χ4n) is 1.71. The summed E-state index contributed by atoms with van der Waals surface area (Å²) in [6.45, 7) is 1.76. The quantitative estimate of drug-likeness (QED) is 0.680. The number of rotatable bonds is 6. The Bertz CT molecular complexity index is 533. The van der Waals surface area contributed by atoms with Gasteiger partial charge in [0.2, 0.25) is 5.91 Å². The second-order valence-electron chi connectivity index (χ2n) is 4.46. The summed E-state index contributed by atoms with van der Waals surface area (Å²) in [5.41, 5.74) is 4.97. The number of benzene rings is 1. The van der Waals surface area contributed by atoms with Gasteiger partial charge in [-0.3, -0.25) is 25.2 Å². The highest BCUT2D eigenvalue weighted by Crippen LogP contribution is 2.15. The predicted octanol–water partition coefficient (Wildman–Crippen LogP) is 2.10. The minimum absolute atomic E-state index is 0.0427. The Kier molecular flexibility index (Phi) is 6.87. The molecule has 0 radical (unpaired) electrons. The Balaban J connectivity index is 2.41. The standard InChI is InChI=1S/C14H17BrN2O4/c1-2-9(14(20)21)7-8-12(18)16-17-13(19)10-5-3-4-6-11(10)15/h3-6,9H,2,7-8H2,1H3,(H,16,18)(H,17,19)(H,20,21). The van der Waals surface area contributed by atoms with Crippen LogP contribution in [-0.2, 0) is 9.59 Å². The number of carboxylic acids is 1. The van der Waals surface area contributed by atoms with Gasteiger partial charge >= 0.3 is 5.97 Å². The smallest absolute Gasteiger partial charge is 0.306 e. The van der Waals surface area contributed by atoms with Gasteiger partial charge < -0.3 is 5.11 Å². The largest absolute Gasteiger partial charge is 0.481 e. The monoisotopic (exact) mass is 356 g/mol. The van der Waals surface area contributed by atoms with E-state index in [0.29, 0.717) is 16.5 Å². The van der Waals surface area contributed by atoms with Gasteiger partial charge in [0, 0.05) is 10.9 Å². The van der Waals surface area contributed by atoms with Gasteiger partial charge in [0.05, 0.1) is 11.5 Å². The molecule has 1 unspecified atom stereocenters. The molecule has 21 heavy (non-hydrogen) atoms. The molecular weight excluding hydrogens is 340 g/mol. The van der Waals surface area contributed by atoms with Crippen molar-refractivity contribution in [2.24, 2.45) is 5.92 Å². The number of carbonyl (C=O) groups excluding carboxylic acids is 2. The molecule has 114 valence electrons. The summed E-state index contributed by atoms with van der Waals surface area (Å²) < 4.78 is 0.619. The van der Waals surface area contributed by atoms with Crippen molar-refractivity contribution in [2.45, 2.75) is 26.2 Å². The summed E-state index contributed by atoms with van der Waals surface area (Å²) in [5.74, 6) is -2.33. The van der Waals surface area contributed by atoms with Gasteiger partial charge in [0.25, 0.3) is 5.91 Å². The first-order valence-electron chi connectivity index (χ1n) is 6.52. The molecule has 0 saturated carbocycles. The number of aliphatic carboxylic acids is 1. The highest BCUT2D eigenvalue weighted by atomic mass is 79.9. The van der Waals surface area contributed by atoms with E-state index >= 15 is 0 Å². The van der Waals surface area contributed by atoms with Gasteiger partial charge in [0.1, 0.15) is 0 Å². The molecule has 0 saturated heterocycles. The lowest BCUT2D eigenvalue weighted by molar-refractivity contribution is -0.142. The second kappa shape index (κ2) is 8.41. The van der Waals surface area contributed by atoms with Gasteiger partial charge in [0.15, 0.2) is 0 Å². The predicted molar refractivity (Wildman–Crippen MR) is 80.4 cm³/mol. The summed E-state index contributed by atoms with van der Waals surface area (Å²) in [7, 11) is 0. The van der Waals surface area contributed by atoms with Crippen LogP contribution in [0.1, 0.15) is 36.5 Å². The first-order chi connectivity index (χ1) is 9.95. The molecule has 0 spiro atoms. The summed E-state index contributed by atoms with van der Waals surface area (Å²) >= 11 is 3.24. The minimum Gasteiger partial charge on any atom is -0.481 e. The third kappa shape index (κ3) is 5.55. The molecular formula is C14H17BrN2O4. The molecule has 1 rings (SSSR count). The summed E-state index contributed by atoms with van der Waals surface area (Å²) in [6, 6.07) is 6.81. The number of hydrazine groups is 1. The van der Waals surface area contributed by atoms with E-state index < -0.39 is 23.7 Å². The van der Waals surface area contributed by atoms with E-state index in [2.05, 4.69) is 26.8 Å². The summed E-state index contributed by atoms with van der Waals surface area (Å²) in [4.78, 5) is 34.2. The number of nitrogens with one attached hydrogen (secondary N) is 2. The molecule has 0 fully saturated rings. The average Bonchev–Trinajstić information content (AvgIpc) is 2.45. The van der Waals surface area contributed by atoms with E-state index in [-0.39, 0.29) is 12.8 Å². The molecule has 0 bridgehead atoms. The van der Waals surface area contributed by atoms with Crippen LogP contribution in [0, 0.1) is 5.92 Å². The summed E-state index contributed by atoms with van der Waals surface area (Å²) in [5, 5.41) is 8.88. The van der Waals surface area contributed by atoms with E-state index in [1.165, 1.54) is 0 Å². The minimum atomic E-state index is -0.914. The Hall–Kier alpha value is -1.89. The van der Waals surface area contributed by atoms with Crippen LogP contribution in [0.25, 0.3) is 0 Å². The third-order valence-corrected chi connectivity index (χ3v) is 3.69. The van der Waals surface area contributed by atoms with E-state index in [1.807, 2.05) is 0 Å². The van der Waals surface area contributed by atoms with Crippen molar-refractivity contribution in [1.82, 2.24) is 10.9 Å². The molecule has 1 atom stereocenters. The van der Waals surface area contributed by atoms with Gasteiger partial charge in [-0.2, -0.15) is 0 Å². The first-order valence-corrected chi connectivity index (χ1v) is 7.31. The van der Waals surface area contributed by atoms with Crippen molar-refractivity contribution in [3.8, 4) is 0 Å². The average molecular weight is 357 g/mol. The van der Waals surface area contributed by atoms with E-state index in [4.69, 9.17) is 5.11 Å². The van der Waals surface area contributed by atoms with Crippen molar-refractivity contribution in [2.75, 3.05) is 0 Å². The fourth-order valence-corrected chi connectivity index (χ4v) is 2.17. The molecule has 0 aliphatic carbocycles. The zero-order chi connectivity index (χ0) is 15.8. The maximum Gasteiger partial charge on any atom is 0.306 e. The first kappa shape index (κ1) is 17.2. The number of carbonyl (C=O) groups is 3. The molecule has 6 nitrogen and oxygen atoms in total. The zero-order valence-electron chi connectivity index (χ0n) is 11.6. The molecule has 2 amide bonds. The van der Waals surface area contributed by atoms with Crippen molar-refractivity contribution in [3.63, 3.8) is 0 Å². The lowest BCUT2D eigenvalue weighted by atomic mass is 10.0. The Morgan fingerprint density at radius 2 is 1.90 bits per heavy atom. The van der Waals surface area contributed by atoms with Crippen LogP contribution in [0.4, 0.5) is 0 Å². The van der Waals surface area contributed by atoms with Crippen LogP contribution in [0.15, 0.2) is 28.7 Å². The normalized spacial score (nSPS) is 11.5. The summed E-state index contributed by atoms with van der Waals surface area (Å²) in [6.07, 6.45) is 0.746. The van der Waals surface area contributed by atoms with Crippen LogP contribution < -0.4 is 10.9 Å². The Morgan fingerprint density at radius 1 is 1.24 bits per heavy atom. The molecule has 7 heteroatoms. The van der Waals surface area contributed by atoms with Crippen LogP contribution in [-0.4, -0.2) is 22.9 Å². The van der Waals surface area contributed by atoms with E-state index in [1.54, 1.807) is 31.2 Å².